The first-order valence-corrected chi connectivity index (χ1v) is 9.62. The maximum Gasteiger partial charge on any atom is 0.191 e. The van der Waals surface area contributed by atoms with Crippen LogP contribution in [0.2, 0.25) is 0 Å². The van der Waals surface area contributed by atoms with E-state index in [-0.39, 0.29) is 16.6 Å². The largest absolute Gasteiger partial charge is 0.504 e. The van der Waals surface area contributed by atoms with Crippen molar-refractivity contribution in [3.05, 3.63) is 72.3 Å². The number of ether oxygens (including phenoxy) is 2. The summed E-state index contributed by atoms with van der Waals surface area (Å²) in [6.45, 7) is 0. The minimum Gasteiger partial charge on any atom is -0.504 e. The van der Waals surface area contributed by atoms with E-state index in [1.54, 1.807) is 19.2 Å². The van der Waals surface area contributed by atoms with Crippen LogP contribution >= 0.6 is 12.2 Å². The Labute approximate surface area is 185 Å². The van der Waals surface area contributed by atoms with Gasteiger partial charge in [-0.3, -0.25) is 5.43 Å². The van der Waals surface area contributed by atoms with Crippen molar-refractivity contribution in [2.45, 2.75) is 0 Å². The van der Waals surface area contributed by atoms with Crippen LogP contribution in [0.3, 0.4) is 0 Å². The highest BCUT2D eigenvalue weighted by Gasteiger charge is 2.10. The van der Waals surface area contributed by atoms with Crippen LogP contribution < -0.4 is 20.2 Å². The molecular weight excluding hydrogens is 414 g/mol. The minimum atomic E-state index is -0.0738. The SMILES string of the molecule is COc1ccccc1NC(=S)N/N=C\c1cc(N=Nc2ccccc2)cc(OC)c1O. The van der Waals surface area contributed by atoms with Gasteiger partial charge in [-0.2, -0.15) is 15.3 Å². The molecule has 0 aliphatic heterocycles. The third-order valence-corrected chi connectivity index (χ3v) is 4.26. The highest BCUT2D eigenvalue weighted by Crippen LogP contribution is 2.34. The van der Waals surface area contributed by atoms with E-state index < -0.39 is 0 Å². The number of para-hydroxylation sites is 2. The van der Waals surface area contributed by atoms with Crippen molar-refractivity contribution in [1.29, 1.82) is 0 Å². The highest BCUT2D eigenvalue weighted by atomic mass is 32.1. The Hall–Kier alpha value is -3.98. The minimum absolute atomic E-state index is 0.0738. The number of thiocarbonyl (C=S) groups is 1. The average Bonchev–Trinajstić information content (AvgIpc) is 2.80. The van der Waals surface area contributed by atoms with Crippen molar-refractivity contribution in [2.75, 3.05) is 19.5 Å². The van der Waals surface area contributed by atoms with Gasteiger partial charge in [-0.05, 0) is 42.5 Å². The van der Waals surface area contributed by atoms with Crippen LogP contribution in [0.25, 0.3) is 0 Å². The normalized spacial score (nSPS) is 10.9. The smallest absolute Gasteiger partial charge is 0.191 e. The van der Waals surface area contributed by atoms with Gasteiger partial charge in [0.25, 0.3) is 0 Å². The number of nitrogens with one attached hydrogen (secondary N) is 2. The molecule has 0 radical (unpaired) electrons. The van der Waals surface area contributed by atoms with E-state index in [1.165, 1.54) is 13.3 Å². The molecular formula is C22H21N5O3S. The van der Waals surface area contributed by atoms with E-state index in [0.717, 1.165) is 0 Å². The number of benzene rings is 3. The summed E-state index contributed by atoms with van der Waals surface area (Å²) in [7, 11) is 3.03. The summed E-state index contributed by atoms with van der Waals surface area (Å²) in [5, 5.41) is 26.1. The predicted octanol–water partition coefficient (Wildman–Crippen LogP) is 5.15. The number of anilines is 1. The standard InChI is InChI=1S/C22H21N5O3S/c1-29-19-11-7-6-10-18(19)24-22(31)27-23-14-15-12-17(13-20(30-2)21(15)28)26-25-16-8-4-3-5-9-16/h3-14,28H,1-2H3,(H2,24,27,31)/b23-14-,26-25?. The number of hydrogen-bond acceptors (Lipinski definition) is 7. The Bertz CT molecular complexity index is 1100. The van der Waals surface area contributed by atoms with Crippen LogP contribution in [0.5, 0.6) is 17.2 Å². The van der Waals surface area contributed by atoms with Gasteiger partial charge in [0.1, 0.15) is 5.75 Å². The first kappa shape index (κ1) is 21.7. The van der Waals surface area contributed by atoms with Gasteiger partial charge in [0, 0.05) is 11.6 Å². The lowest BCUT2D eigenvalue weighted by Gasteiger charge is -2.11. The number of hydrogen-bond donors (Lipinski definition) is 3. The summed E-state index contributed by atoms with van der Waals surface area (Å²) in [5.41, 5.74) is 4.99. The van der Waals surface area contributed by atoms with Crippen molar-refractivity contribution in [3.63, 3.8) is 0 Å². The maximum atomic E-state index is 10.4. The quantitative estimate of drug-likeness (QED) is 0.206. The molecule has 158 valence electrons. The Morgan fingerprint density at radius 3 is 2.32 bits per heavy atom. The van der Waals surface area contributed by atoms with Gasteiger partial charge in [0.05, 0.1) is 37.5 Å². The summed E-state index contributed by atoms with van der Waals surface area (Å²) in [6.07, 6.45) is 1.41. The molecule has 3 N–H and O–H groups in total. The molecule has 9 heteroatoms. The molecule has 0 aliphatic rings. The fourth-order valence-electron chi connectivity index (χ4n) is 2.59. The zero-order chi connectivity index (χ0) is 22.1. The summed E-state index contributed by atoms with van der Waals surface area (Å²) in [5.74, 6) is 0.825. The molecule has 3 rings (SSSR count). The second kappa shape index (κ2) is 10.7. The van der Waals surface area contributed by atoms with E-state index >= 15 is 0 Å². The van der Waals surface area contributed by atoms with Crippen LogP contribution in [0.1, 0.15) is 5.56 Å². The molecule has 0 heterocycles. The molecule has 0 saturated heterocycles. The van der Waals surface area contributed by atoms with Crippen molar-refractivity contribution >= 4 is 40.6 Å². The molecule has 0 aromatic heterocycles. The molecule has 0 atom stereocenters. The summed E-state index contributed by atoms with van der Waals surface area (Å²) >= 11 is 5.25. The fraction of sp³-hybridized carbons (Fsp3) is 0.0909. The zero-order valence-electron chi connectivity index (χ0n) is 16.9. The number of aromatic hydroxyl groups is 1. The van der Waals surface area contributed by atoms with Gasteiger partial charge in [0.2, 0.25) is 0 Å². The van der Waals surface area contributed by atoms with Gasteiger partial charge in [-0.15, -0.1) is 0 Å². The predicted molar refractivity (Wildman–Crippen MR) is 125 cm³/mol. The van der Waals surface area contributed by atoms with Crippen molar-refractivity contribution in [3.8, 4) is 17.2 Å². The van der Waals surface area contributed by atoms with E-state index in [2.05, 4.69) is 26.1 Å². The van der Waals surface area contributed by atoms with E-state index in [1.807, 2.05) is 54.6 Å². The first-order valence-electron chi connectivity index (χ1n) is 9.21. The van der Waals surface area contributed by atoms with Crippen LogP contribution in [0.4, 0.5) is 17.1 Å². The summed E-state index contributed by atoms with van der Waals surface area (Å²) < 4.78 is 10.5. The highest BCUT2D eigenvalue weighted by molar-refractivity contribution is 7.80. The van der Waals surface area contributed by atoms with Crippen LogP contribution in [-0.2, 0) is 0 Å². The lowest BCUT2D eigenvalue weighted by Crippen LogP contribution is -2.24. The van der Waals surface area contributed by atoms with Gasteiger partial charge >= 0.3 is 0 Å². The molecule has 0 saturated carbocycles. The Morgan fingerprint density at radius 1 is 0.903 bits per heavy atom. The maximum absolute atomic E-state index is 10.4. The van der Waals surface area contributed by atoms with E-state index in [4.69, 9.17) is 21.7 Å². The Morgan fingerprint density at radius 2 is 1.58 bits per heavy atom. The molecule has 0 fully saturated rings. The number of hydrazone groups is 1. The number of nitrogens with zero attached hydrogens (tertiary/aromatic N) is 3. The first-order chi connectivity index (χ1) is 15.1. The van der Waals surface area contributed by atoms with Gasteiger partial charge < -0.3 is 19.9 Å². The second-order valence-electron chi connectivity index (χ2n) is 6.15. The third-order valence-electron chi connectivity index (χ3n) is 4.07. The molecule has 0 spiro atoms. The van der Waals surface area contributed by atoms with E-state index in [9.17, 15) is 5.11 Å². The van der Waals surface area contributed by atoms with Gasteiger partial charge in [-0.1, -0.05) is 30.3 Å². The number of rotatable bonds is 7. The number of azo groups is 1. The second-order valence-corrected chi connectivity index (χ2v) is 6.55. The van der Waals surface area contributed by atoms with E-state index in [0.29, 0.717) is 28.4 Å². The molecule has 0 amide bonds. The lowest BCUT2D eigenvalue weighted by atomic mass is 10.2. The zero-order valence-corrected chi connectivity index (χ0v) is 17.8. The lowest BCUT2D eigenvalue weighted by molar-refractivity contribution is 0.373. The Balaban J connectivity index is 1.73. The topological polar surface area (TPSA) is 99.8 Å². The summed E-state index contributed by atoms with van der Waals surface area (Å²) in [6, 6.07) is 19.9. The fourth-order valence-corrected chi connectivity index (χ4v) is 2.76. The molecule has 0 aliphatic carbocycles. The van der Waals surface area contributed by atoms with Gasteiger partial charge in [0.15, 0.2) is 16.6 Å². The molecule has 0 bridgehead atoms. The number of methoxy groups -OCH3 is 2. The monoisotopic (exact) mass is 435 g/mol. The third kappa shape index (κ3) is 6.00. The van der Waals surface area contributed by atoms with Gasteiger partial charge in [-0.25, -0.2) is 0 Å². The molecule has 3 aromatic rings. The molecule has 0 unspecified atom stereocenters. The average molecular weight is 436 g/mol. The molecule has 31 heavy (non-hydrogen) atoms. The molecule has 3 aromatic carbocycles. The van der Waals surface area contributed by atoms with Crippen molar-refractivity contribution < 1.29 is 14.6 Å². The van der Waals surface area contributed by atoms with Crippen molar-refractivity contribution in [2.24, 2.45) is 15.3 Å². The van der Waals surface area contributed by atoms with Crippen LogP contribution in [0, 0.1) is 0 Å². The number of phenolic OH excluding ortho intramolecular Hbond substituents is 1. The van der Waals surface area contributed by atoms with Crippen LogP contribution in [0.15, 0.2) is 82.1 Å². The summed E-state index contributed by atoms with van der Waals surface area (Å²) in [4.78, 5) is 0. The Kier molecular flexibility index (Phi) is 7.50. The van der Waals surface area contributed by atoms with Crippen LogP contribution in [-0.4, -0.2) is 30.7 Å². The number of phenols is 1. The molecule has 8 nitrogen and oxygen atoms in total. The van der Waals surface area contributed by atoms with Crippen molar-refractivity contribution in [1.82, 2.24) is 5.43 Å².